The average molecular weight is 358 g/mol. The molecule has 1 heterocycles. The molecule has 0 bridgehead atoms. The van der Waals surface area contributed by atoms with Gasteiger partial charge in [0.15, 0.2) is 0 Å². The first kappa shape index (κ1) is 17.0. The van der Waals surface area contributed by atoms with Gasteiger partial charge in [0.05, 0.1) is 22.3 Å². The van der Waals surface area contributed by atoms with Crippen molar-refractivity contribution in [1.29, 1.82) is 0 Å². The molecule has 0 saturated heterocycles. The summed E-state index contributed by atoms with van der Waals surface area (Å²) < 4.78 is 5.52. The Kier molecular flexibility index (Phi) is 3.84. The molecule has 132 valence electrons. The fourth-order valence-corrected chi connectivity index (χ4v) is 2.75. The smallest absolute Gasteiger partial charge is 0.336 e. The molecule has 0 aromatic heterocycles. The minimum atomic E-state index is -1.45. The SMILES string of the molecule is O=C(O)c1cc2c(cc1C(=O)O)Oc1cc(C(=O)O)c(C(=O)O)cc1C2. The predicted molar refractivity (Wildman–Crippen MR) is 83.6 cm³/mol. The Morgan fingerprint density at radius 3 is 1.23 bits per heavy atom. The van der Waals surface area contributed by atoms with Gasteiger partial charge in [0.25, 0.3) is 0 Å². The molecule has 0 radical (unpaired) electrons. The highest BCUT2D eigenvalue weighted by Gasteiger charge is 2.27. The van der Waals surface area contributed by atoms with E-state index < -0.39 is 46.1 Å². The van der Waals surface area contributed by atoms with Gasteiger partial charge in [0.2, 0.25) is 0 Å². The average Bonchev–Trinajstić information content (AvgIpc) is 2.57. The van der Waals surface area contributed by atoms with Gasteiger partial charge in [0, 0.05) is 17.5 Å². The molecule has 0 spiro atoms. The molecule has 9 nitrogen and oxygen atoms in total. The minimum Gasteiger partial charge on any atom is -0.478 e. The maximum Gasteiger partial charge on any atom is 0.336 e. The first-order chi connectivity index (χ1) is 12.2. The van der Waals surface area contributed by atoms with Gasteiger partial charge in [0.1, 0.15) is 11.5 Å². The number of carboxylic acid groups (broad SMARTS) is 4. The molecule has 2 aromatic carbocycles. The van der Waals surface area contributed by atoms with E-state index in [1.165, 1.54) is 0 Å². The zero-order chi connectivity index (χ0) is 19.2. The van der Waals surface area contributed by atoms with E-state index in [9.17, 15) is 29.4 Å². The normalized spacial score (nSPS) is 11.7. The van der Waals surface area contributed by atoms with Gasteiger partial charge in [-0.15, -0.1) is 0 Å². The van der Waals surface area contributed by atoms with E-state index in [4.69, 9.17) is 14.9 Å². The summed E-state index contributed by atoms with van der Waals surface area (Å²) in [5, 5.41) is 36.7. The summed E-state index contributed by atoms with van der Waals surface area (Å²) >= 11 is 0. The molecule has 1 aliphatic heterocycles. The fourth-order valence-electron chi connectivity index (χ4n) is 2.75. The van der Waals surface area contributed by atoms with Crippen molar-refractivity contribution in [2.45, 2.75) is 6.42 Å². The van der Waals surface area contributed by atoms with Crippen molar-refractivity contribution < 1.29 is 44.3 Å². The Hall–Kier alpha value is -3.88. The van der Waals surface area contributed by atoms with Crippen LogP contribution in [0.25, 0.3) is 0 Å². The van der Waals surface area contributed by atoms with E-state index >= 15 is 0 Å². The zero-order valence-electron chi connectivity index (χ0n) is 12.8. The zero-order valence-corrected chi connectivity index (χ0v) is 12.8. The summed E-state index contributed by atoms with van der Waals surface area (Å²) in [7, 11) is 0. The molecule has 0 unspecified atom stereocenters. The topological polar surface area (TPSA) is 158 Å². The fraction of sp³-hybridized carbons (Fsp3) is 0.0588. The second kappa shape index (κ2) is 5.88. The van der Waals surface area contributed by atoms with Gasteiger partial charge >= 0.3 is 23.9 Å². The van der Waals surface area contributed by atoms with Crippen LogP contribution in [0.2, 0.25) is 0 Å². The largest absolute Gasteiger partial charge is 0.478 e. The van der Waals surface area contributed by atoms with Crippen molar-refractivity contribution in [2.75, 3.05) is 0 Å². The van der Waals surface area contributed by atoms with Crippen molar-refractivity contribution in [2.24, 2.45) is 0 Å². The van der Waals surface area contributed by atoms with Crippen molar-refractivity contribution in [3.63, 3.8) is 0 Å². The van der Waals surface area contributed by atoms with E-state index in [0.717, 1.165) is 24.3 Å². The lowest BCUT2D eigenvalue weighted by Gasteiger charge is -2.22. The highest BCUT2D eigenvalue weighted by atomic mass is 16.5. The van der Waals surface area contributed by atoms with Crippen LogP contribution in [0.3, 0.4) is 0 Å². The van der Waals surface area contributed by atoms with E-state index in [1.54, 1.807) is 0 Å². The molecular weight excluding hydrogens is 348 g/mol. The molecule has 3 rings (SSSR count). The number of ether oxygens (including phenoxy) is 1. The second-order valence-corrected chi connectivity index (χ2v) is 5.51. The number of rotatable bonds is 4. The maximum absolute atomic E-state index is 11.3. The van der Waals surface area contributed by atoms with Crippen LogP contribution in [0.4, 0.5) is 0 Å². The number of carbonyl (C=O) groups is 4. The van der Waals surface area contributed by atoms with E-state index in [2.05, 4.69) is 0 Å². The molecular formula is C17H10O9. The lowest BCUT2D eigenvalue weighted by molar-refractivity contribution is 0.0650. The van der Waals surface area contributed by atoms with Gasteiger partial charge in [-0.2, -0.15) is 0 Å². The Labute approximate surface area is 144 Å². The Morgan fingerprint density at radius 1 is 0.615 bits per heavy atom. The van der Waals surface area contributed by atoms with Gasteiger partial charge < -0.3 is 25.2 Å². The Morgan fingerprint density at radius 2 is 0.923 bits per heavy atom. The number of hydrogen-bond donors (Lipinski definition) is 4. The van der Waals surface area contributed by atoms with Crippen LogP contribution in [0, 0.1) is 0 Å². The van der Waals surface area contributed by atoms with Crippen LogP contribution in [-0.4, -0.2) is 44.3 Å². The molecule has 0 amide bonds. The van der Waals surface area contributed by atoms with Gasteiger partial charge in [-0.05, 0) is 24.3 Å². The molecule has 0 aliphatic carbocycles. The standard InChI is InChI=1S/C17H10O9/c18-14(19)8-2-6-1-7-3-9(15(20)21)11(17(24)25)5-13(7)26-12(6)4-10(8)16(22)23/h2-5H,1H2,(H,18,19)(H,20,21)(H,22,23)(H,24,25). The van der Waals surface area contributed by atoms with E-state index in [1.807, 2.05) is 0 Å². The van der Waals surface area contributed by atoms with Crippen LogP contribution in [0.15, 0.2) is 24.3 Å². The monoisotopic (exact) mass is 358 g/mol. The van der Waals surface area contributed by atoms with Crippen LogP contribution in [-0.2, 0) is 6.42 Å². The van der Waals surface area contributed by atoms with Crippen LogP contribution in [0.1, 0.15) is 52.6 Å². The first-order valence-electron chi connectivity index (χ1n) is 7.14. The Balaban J connectivity index is 2.16. The summed E-state index contributed by atoms with van der Waals surface area (Å²) in [5.74, 6) is -5.62. The molecule has 1 aliphatic rings. The summed E-state index contributed by atoms with van der Waals surface area (Å²) in [5.41, 5.74) is -1.10. The van der Waals surface area contributed by atoms with Crippen molar-refractivity contribution in [3.05, 3.63) is 57.6 Å². The summed E-state index contributed by atoms with van der Waals surface area (Å²) in [6.07, 6.45) is 0.0605. The third kappa shape index (κ3) is 2.71. The molecule has 0 fully saturated rings. The molecule has 2 aromatic rings. The van der Waals surface area contributed by atoms with Gasteiger partial charge in [-0.3, -0.25) is 0 Å². The molecule has 0 saturated carbocycles. The van der Waals surface area contributed by atoms with Crippen molar-refractivity contribution in [3.8, 4) is 11.5 Å². The summed E-state index contributed by atoms with van der Waals surface area (Å²) in [6, 6.07) is 4.40. The maximum atomic E-state index is 11.3. The quantitative estimate of drug-likeness (QED) is 0.548. The summed E-state index contributed by atoms with van der Waals surface area (Å²) in [4.78, 5) is 45.1. The number of aromatic carboxylic acids is 4. The van der Waals surface area contributed by atoms with Crippen molar-refractivity contribution >= 4 is 23.9 Å². The molecule has 0 atom stereocenters. The van der Waals surface area contributed by atoms with E-state index in [0.29, 0.717) is 11.1 Å². The van der Waals surface area contributed by atoms with Crippen LogP contribution in [0.5, 0.6) is 11.5 Å². The molecule has 9 heteroatoms. The third-order valence-corrected chi connectivity index (χ3v) is 3.92. The predicted octanol–water partition coefficient (Wildman–Crippen LogP) is 2.18. The lowest BCUT2D eigenvalue weighted by Crippen LogP contribution is -2.14. The molecule has 4 N–H and O–H groups in total. The Bertz CT molecular complexity index is 844. The minimum absolute atomic E-state index is 0.0605. The van der Waals surface area contributed by atoms with Crippen LogP contribution >= 0.6 is 0 Å². The van der Waals surface area contributed by atoms with Gasteiger partial charge in [-0.25, -0.2) is 19.2 Å². The number of benzene rings is 2. The highest BCUT2D eigenvalue weighted by Crippen LogP contribution is 2.39. The first-order valence-corrected chi connectivity index (χ1v) is 7.14. The van der Waals surface area contributed by atoms with Crippen LogP contribution < -0.4 is 4.74 Å². The van der Waals surface area contributed by atoms with Crippen molar-refractivity contribution in [1.82, 2.24) is 0 Å². The number of hydrogen-bond acceptors (Lipinski definition) is 5. The van der Waals surface area contributed by atoms with E-state index in [-0.39, 0.29) is 17.9 Å². The second-order valence-electron chi connectivity index (χ2n) is 5.51. The van der Waals surface area contributed by atoms with Gasteiger partial charge in [-0.1, -0.05) is 0 Å². The lowest BCUT2D eigenvalue weighted by atomic mass is 9.93. The number of carboxylic acids is 4. The molecule has 26 heavy (non-hydrogen) atoms. The summed E-state index contributed by atoms with van der Waals surface area (Å²) in [6.45, 7) is 0. The third-order valence-electron chi connectivity index (χ3n) is 3.92. The number of fused-ring (bicyclic) bond motifs is 2. The highest BCUT2D eigenvalue weighted by molar-refractivity contribution is 6.03.